The average molecular weight is 341 g/mol. The van der Waals surface area contributed by atoms with Crippen LogP contribution in [0.15, 0.2) is 55.0 Å². The predicted octanol–water partition coefficient (Wildman–Crippen LogP) is 4.99. The molecule has 0 unspecified atom stereocenters. The summed E-state index contributed by atoms with van der Waals surface area (Å²) in [7, 11) is 0. The molecule has 1 aromatic carbocycles. The number of aromatic amines is 1. The largest absolute Gasteiger partial charge is 0.354 e. The fourth-order valence-corrected chi connectivity index (χ4v) is 2.97. The van der Waals surface area contributed by atoms with Crippen LogP contribution in [0, 0.1) is 0 Å². The van der Waals surface area contributed by atoms with Gasteiger partial charge in [-0.1, -0.05) is 29.8 Å². The second kappa shape index (κ2) is 5.65. The van der Waals surface area contributed by atoms with Crippen molar-refractivity contribution in [3.8, 4) is 22.5 Å². The summed E-state index contributed by atoms with van der Waals surface area (Å²) in [5.41, 5.74) is 4.49. The van der Waals surface area contributed by atoms with Crippen molar-refractivity contribution < 1.29 is 0 Å². The Hall–Kier alpha value is -2.43. The maximum Gasteiger partial charge on any atom is 0.222 e. The van der Waals surface area contributed by atoms with E-state index in [-0.39, 0.29) is 5.28 Å². The molecule has 3 heterocycles. The Bertz CT molecular complexity index is 1010. The highest BCUT2D eigenvalue weighted by molar-refractivity contribution is 6.30. The quantitative estimate of drug-likeness (QED) is 0.522. The number of H-pyrrole nitrogens is 1. The summed E-state index contributed by atoms with van der Waals surface area (Å²) in [5.74, 6) is 0. The van der Waals surface area contributed by atoms with Gasteiger partial charge in [0.1, 0.15) is 0 Å². The highest BCUT2D eigenvalue weighted by Crippen LogP contribution is 2.37. The Morgan fingerprint density at radius 3 is 2.70 bits per heavy atom. The highest BCUT2D eigenvalue weighted by atomic mass is 35.5. The molecule has 4 nitrogen and oxygen atoms in total. The van der Waals surface area contributed by atoms with E-state index in [1.165, 1.54) is 0 Å². The highest BCUT2D eigenvalue weighted by Gasteiger charge is 2.16. The monoisotopic (exact) mass is 340 g/mol. The minimum atomic E-state index is 0.211. The molecular weight excluding hydrogens is 331 g/mol. The van der Waals surface area contributed by atoms with E-state index < -0.39 is 0 Å². The van der Waals surface area contributed by atoms with Gasteiger partial charge in [-0.15, -0.1) is 0 Å². The third-order valence-electron chi connectivity index (χ3n) is 3.58. The van der Waals surface area contributed by atoms with Crippen molar-refractivity contribution >= 4 is 34.1 Å². The summed E-state index contributed by atoms with van der Waals surface area (Å²) in [6, 6.07) is 11.7. The number of hydrogen-bond donors (Lipinski definition) is 1. The van der Waals surface area contributed by atoms with E-state index in [0.29, 0.717) is 5.02 Å². The van der Waals surface area contributed by atoms with Crippen LogP contribution >= 0.6 is 23.2 Å². The van der Waals surface area contributed by atoms with Crippen LogP contribution in [0.4, 0.5) is 0 Å². The number of rotatable bonds is 2. The van der Waals surface area contributed by atoms with E-state index in [0.717, 1.165) is 33.4 Å². The van der Waals surface area contributed by atoms with Crippen LogP contribution < -0.4 is 0 Å². The molecule has 0 saturated carbocycles. The predicted molar refractivity (Wildman–Crippen MR) is 92.6 cm³/mol. The SMILES string of the molecule is Clc1cncc(-c2[nH]c3ccccc3c2-c2ccnc(Cl)n2)c1. The Labute approximate surface area is 142 Å². The van der Waals surface area contributed by atoms with Crippen LogP contribution in [0.25, 0.3) is 33.4 Å². The molecule has 0 aliphatic rings. The molecule has 6 heteroatoms. The van der Waals surface area contributed by atoms with Crippen molar-refractivity contribution in [2.75, 3.05) is 0 Å². The first-order valence-electron chi connectivity index (χ1n) is 6.93. The summed E-state index contributed by atoms with van der Waals surface area (Å²) in [5, 5.41) is 1.84. The van der Waals surface area contributed by atoms with Gasteiger partial charge in [-0.25, -0.2) is 9.97 Å². The zero-order chi connectivity index (χ0) is 15.8. The number of halogens is 2. The van der Waals surface area contributed by atoms with Crippen LogP contribution in [-0.2, 0) is 0 Å². The second-order valence-electron chi connectivity index (χ2n) is 5.02. The summed E-state index contributed by atoms with van der Waals surface area (Å²) in [6.07, 6.45) is 5.02. The zero-order valence-electron chi connectivity index (χ0n) is 11.8. The van der Waals surface area contributed by atoms with Gasteiger partial charge in [0.15, 0.2) is 0 Å². The first kappa shape index (κ1) is 14.2. The Morgan fingerprint density at radius 2 is 1.87 bits per heavy atom. The molecule has 1 N–H and O–H groups in total. The Kier molecular flexibility index (Phi) is 3.48. The second-order valence-corrected chi connectivity index (χ2v) is 5.80. The van der Waals surface area contributed by atoms with Gasteiger partial charge in [-0.05, 0) is 29.8 Å². The molecule has 0 bridgehead atoms. The van der Waals surface area contributed by atoms with Crippen LogP contribution in [0.1, 0.15) is 0 Å². The minimum absolute atomic E-state index is 0.211. The molecule has 0 atom stereocenters. The number of aromatic nitrogens is 4. The number of nitrogens with one attached hydrogen (secondary N) is 1. The molecule has 0 radical (unpaired) electrons. The lowest BCUT2D eigenvalue weighted by Gasteiger charge is -2.05. The van der Waals surface area contributed by atoms with Crippen molar-refractivity contribution in [3.05, 3.63) is 65.3 Å². The molecule has 0 fully saturated rings. The van der Waals surface area contributed by atoms with Gasteiger partial charge in [-0.2, -0.15) is 0 Å². The molecule has 23 heavy (non-hydrogen) atoms. The number of para-hydroxylation sites is 1. The summed E-state index contributed by atoms with van der Waals surface area (Å²) < 4.78 is 0. The Morgan fingerprint density at radius 1 is 1.00 bits per heavy atom. The molecule has 3 aromatic heterocycles. The van der Waals surface area contributed by atoms with E-state index in [2.05, 4.69) is 19.9 Å². The summed E-state index contributed by atoms with van der Waals surface area (Å²) in [6.45, 7) is 0. The van der Waals surface area contributed by atoms with Gasteiger partial charge in [0.2, 0.25) is 5.28 Å². The maximum absolute atomic E-state index is 6.09. The van der Waals surface area contributed by atoms with Crippen LogP contribution in [-0.4, -0.2) is 19.9 Å². The lowest BCUT2D eigenvalue weighted by Crippen LogP contribution is -1.89. The smallest absolute Gasteiger partial charge is 0.222 e. The molecule has 0 aliphatic carbocycles. The normalized spacial score (nSPS) is 11.0. The molecular formula is C17H10Cl2N4. The third kappa shape index (κ3) is 2.56. The zero-order valence-corrected chi connectivity index (χ0v) is 13.3. The number of hydrogen-bond acceptors (Lipinski definition) is 3. The van der Waals surface area contributed by atoms with E-state index in [9.17, 15) is 0 Å². The van der Waals surface area contributed by atoms with Crippen molar-refractivity contribution in [2.24, 2.45) is 0 Å². The number of fused-ring (bicyclic) bond motifs is 1. The van der Waals surface area contributed by atoms with E-state index in [1.807, 2.05) is 36.4 Å². The van der Waals surface area contributed by atoms with Crippen LogP contribution in [0.5, 0.6) is 0 Å². The van der Waals surface area contributed by atoms with Crippen molar-refractivity contribution in [1.82, 2.24) is 19.9 Å². The summed E-state index contributed by atoms with van der Waals surface area (Å²) >= 11 is 12.1. The van der Waals surface area contributed by atoms with Gasteiger partial charge >= 0.3 is 0 Å². The van der Waals surface area contributed by atoms with Crippen molar-refractivity contribution in [3.63, 3.8) is 0 Å². The van der Waals surface area contributed by atoms with Crippen molar-refractivity contribution in [1.29, 1.82) is 0 Å². The van der Waals surface area contributed by atoms with Gasteiger partial charge in [0, 0.05) is 40.6 Å². The van der Waals surface area contributed by atoms with Gasteiger partial charge in [0.05, 0.1) is 16.4 Å². The summed E-state index contributed by atoms with van der Waals surface area (Å²) in [4.78, 5) is 15.9. The number of benzene rings is 1. The molecule has 0 aliphatic heterocycles. The molecule has 4 rings (SSSR count). The lowest BCUT2D eigenvalue weighted by atomic mass is 10.0. The topological polar surface area (TPSA) is 54.5 Å². The Balaban J connectivity index is 2.06. The van der Waals surface area contributed by atoms with E-state index in [4.69, 9.17) is 23.2 Å². The van der Waals surface area contributed by atoms with E-state index in [1.54, 1.807) is 18.6 Å². The lowest BCUT2D eigenvalue weighted by molar-refractivity contribution is 1.17. The molecule has 4 aromatic rings. The molecule has 112 valence electrons. The van der Waals surface area contributed by atoms with E-state index >= 15 is 0 Å². The fourth-order valence-electron chi connectivity index (χ4n) is 2.65. The first-order valence-corrected chi connectivity index (χ1v) is 7.68. The van der Waals surface area contributed by atoms with Crippen molar-refractivity contribution in [2.45, 2.75) is 0 Å². The standard InChI is InChI=1S/C17H10Cl2N4/c18-11-7-10(8-20-9-11)16-15(14-5-6-21-17(19)23-14)12-3-1-2-4-13(12)22-16/h1-9,22H. The molecule has 0 amide bonds. The molecule has 0 saturated heterocycles. The number of nitrogens with zero attached hydrogens (tertiary/aromatic N) is 3. The number of pyridine rings is 1. The minimum Gasteiger partial charge on any atom is -0.354 e. The van der Waals surface area contributed by atoms with Gasteiger partial charge < -0.3 is 4.98 Å². The first-order chi connectivity index (χ1) is 11.2. The molecule has 0 spiro atoms. The van der Waals surface area contributed by atoms with Gasteiger partial charge in [-0.3, -0.25) is 4.98 Å². The average Bonchev–Trinajstić information content (AvgIpc) is 2.94. The fraction of sp³-hybridized carbons (Fsp3) is 0. The van der Waals surface area contributed by atoms with Gasteiger partial charge in [0.25, 0.3) is 0 Å². The third-order valence-corrected chi connectivity index (χ3v) is 3.97. The maximum atomic E-state index is 6.09. The van der Waals surface area contributed by atoms with Crippen LogP contribution in [0.3, 0.4) is 0 Å². The van der Waals surface area contributed by atoms with Crippen LogP contribution in [0.2, 0.25) is 10.3 Å².